The monoisotopic (exact) mass is 421 g/mol. The Hall–Kier alpha value is -2.95. The van der Waals surface area contributed by atoms with Crippen molar-refractivity contribution in [3.8, 4) is 0 Å². The molecule has 0 aromatic rings. The lowest BCUT2D eigenvalue weighted by atomic mass is 9.87. The number of carbonyl (C=O) groups is 5. The second-order valence-electron chi connectivity index (χ2n) is 7.48. The number of carbonyl (C=O) groups excluding carboxylic acids is 5. The molecule has 2 aliphatic heterocycles. The molecular weight excluding hydrogens is 394 g/mol. The molecule has 5 amide bonds. The van der Waals surface area contributed by atoms with Crippen LogP contribution >= 0.6 is 0 Å². The first-order valence-corrected chi connectivity index (χ1v) is 10.1. The predicted octanol–water partition coefficient (Wildman–Crippen LogP) is -1.59. The first-order chi connectivity index (χ1) is 14.3. The fourth-order valence-electron chi connectivity index (χ4n) is 3.77. The van der Waals surface area contributed by atoms with Gasteiger partial charge in [-0.2, -0.15) is 0 Å². The number of rotatable bonds is 7. The fourth-order valence-corrected chi connectivity index (χ4v) is 3.77. The van der Waals surface area contributed by atoms with E-state index in [1.165, 1.54) is 12.0 Å². The van der Waals surface area contributed by atoms with E-state index in [9.17, 15) is 24.0 Å². The zero-order valence-corrected chi connectivity index (χ0v) is 17.2. The number of allylic oxidation sites excluding steroid dienone is 1. The average molecular weight is 421 g/mol. The summed E-state index contributed by atoms with van der Waals surface area (Å²) in [6, 6.07) is 0. The van der Waals surface area contributed by atoms with Gasteiger partial charge in [-0.05, 0) is 32.6 Å². The number of ether oxygens (including phenoxy) is 1. The number of amides is 5. The maximum Gasteiger partial charge on any atom is 0.330 e. The number of methoxy groups -OCH3 is 1. The van der Waals surface area contributed by atoms with E-state index in [0.717, 1.165) is 24.3 Å². The quantitative estimate of drug-likeness (QED) is 0.149. The van der Waals surface area contributed by atoms with Crippen molar-refractivity contribution in [3.05, 3.63) is 11.6 Å². The van der Waals surface area contributed by atoms with E-state index in [1.54, 1.807) is 6.92 Å². The van der Waals surface area contributed by atoms with Crippen molar-refractivity contribution in [1.82, 2.24) is 26.0 Å². The highest BCUT2D eigenvalue weighted by Crippen LogP contribution is 2.26. The molecule has 1 aliphatic carbocycles. The van der Waals surface area contributed by atoms with Crippen molar-refractivity contribution in [2.24, 2.45) is 5.92 Å². The van der Waals surface area contributed by atoms with E-state index in [-0.39, 0.29) is 19.6 Å². The van der Waals surface area contributed by atoms with E-state index in [4.69, 9.17) is 4.74 Å². The van der Waals surface area contributed by atoms with Crippen LogP contribution < -0.4 is 16.1 Å². The Morgan fingerprint density at radius 2 is 1.97 bits per heavy atom. The van der Waals surface area contributed by atoms with Gasteiger partial charge in [-0.15, -0.1) is 0 Å². The molecule has 2 saturated heterocycles. The first-order valence-electron chi connectivity index (χ1n) is 10.1. The van der Waals surface area contributed by atoms with Gasteiger partial charge >= 0.3 is 11.8 Å². The average Bonchev–Trinajstić information content (AvgIpc) is 2.75. The molecule has 3 N–H and O–H groups in total. The summed E-state index contributed by atoms with van der Waals surface area (Å²) in [5.74, 6) is -4.70. The summed E-state index contributed by atoms with van der Waals surface area (Å²) < 4.78 is 5.17. The summed E-state index contributed by atoms with van der Waals surface area (Å²) in [4.78, 5) is 63.7. The van der Waals surface area contributed by atoms with Crippen molar-refractivity contribution in [1.29, 1.82) is 0 Å². The molecule has 0 saturated carbocycles. The van der Waals surface area contributed by atoms with Gasteiger partial charge in [-0.1, -0.05) is 11.6 Å². The van der Waals surface area contributed by atoms with Crippen LogP contribution in [0.4, 0.5) is 0 Å². The van der Waals surface area contributed by atoms with Gasteiger partial charge in [-0.3, -0.25) is 29.4 Å². The lowest BCUT2D eigenvalue weighted by molar-refractivity contribution is -0.168. The smallest absolute Gasteiger partial charge is 0.330 e. The summed E-state index contributed by atoms with van der Waals surface area (Å²) in [5.41, 5.74) is 1.54. The minimum absolute atomic E-state index is 0.0907. The summed E-state index contributed by atoms with van der Waals surface area (Å²) in [6.07, 6.45) is 4.90. The number of β-lactam (4-membered cyclic amide) rings is 1. The van der Waals surface area contributed by atoms with Gasteiger partial charge in [-0.25, -0.2) is 5.01 Å². The topological polar surface area (TPSA) is 137 Å². The van der Waals surface area contributed by atoms with Crippen LogP contribution in [0, 0.1) is 5.92 Å². The lowest BCUT2D eigenvalue weighted by Crippen LogP contribution is -2.75. The summed E-state index contributed by atoms with van der Waals surface area (Å²) in [7, 11) is 1.30. The number of nitrogens with one attached hydrogen (secondary N) is 3. The maximum absolute atomic E-state index is 13.0. The van der Waals surface area contributed by atoms with Gasteiger partial charge in [0, 0.05) is 20.2 Å². The Morgan fingerprint density at radius 1 is 1.20 bits per heavy atom. The molecule has 3 rings (SSSR count). The highest BCUT2D eigenvalue weighted by Gasteiger charge is 2.50. The Labute approximate surface area is 174 Å². The van der Waals surface area contributed by atoms with Gasteiger partial charge in [0.15, 0.2) is 0 Å². The Kier molecular flexibility index (Phi) is 6.40. The first kappa shape index (κ1) is 21.8. The number of likely N-dealkylation sites (N-methyl/N-ethyl adjacent to an activating group) is 1. The minimum Gasteiger partial charge on any atom is -0.349 e. The molecule has 0 spiro atoms. The summed E-state index contributed by atoms with van der Waals surface area (Å²) in [6.45, 7) is 2.66. The highest BCUT2D eigenvalue weighted by atomic mass is 16.5. The van der Waals surface area contributed by atoms with E-state index in [0.29, 0.717) is 18.5 Å². The highest BCUT2D eigenvalue weighted by molar-refractivity contribution is 6.35. The molecular formula is C19H27N5O6. The van der Waals surface area contributed by atoms with Crippen LogP contribution in [-0.2, 0) is 28.7 Å². The molecule has 0 aromatic heterocycles. The van der Waals surface area contributed by atoms with E-state index < -0.39 is 41.2 Å². The van der Waals surface area contributed by atoms with E-state index in [1.807, 2.05) is 6.08 Å². The van der Waals surface area contributed by atoms with E-state index in [2.05, 4.69) is 16.1 Å². The Morgan fingerprint density at radius 3 is 2.50 bits per heavy atom. The lowest BCUT2D eigenvalue weighted by Gasteiger charge is -2.40. The van der Waals surface area contributed by atoms with Crippen LogP contribution in [0.2, 0.25) is 0 Å². The second kappa shape index (κ2) is 8.82. The van der Waals surface area contributed by atoms with Gasteiger partial charge in [0.05, 0.1) is 13.1 Å². The normalized spacial score (nSPS) is 25.1. The van der Waals surface area contributed by atoms with Crippen LogP contribution in [0.1, 0.15) is 32.6 Å². The molecule has 2 heterocycles. The molecule has 30 heavy (non-hydrogen) atoms. The third-order valence-electron chi connectivity index (χ3n) is 5.70. The van der Waals surface area contributed by atoms with E-state index >= 15 is 0 Å². The standard InChI is InChI=1S/C19H27N5O6/c1-3-23-9-10-24(17(28)16(23)27)22-15(26)13(12-7-5-4-6-8-12)14(25)21-19(30-2)11-20-18(19)29/h7,13H,3-6,8-11H2,1-2H3,(H,20,29)(H,21,25)(H,22,26). The number of hydrogen-bond donors (Lipinski definition) is 3. The van der Waals surface area contributed by atoms with Gasteiger partial charge in [0.2, 0.25) is 11.6 Å². The van der Waals surface area contributed by atoms with Crippen molar-refractivity contribution < 1.29 is 28.7 Å². The SMILES string of the molecule is CCN1CCN(NC(=O)C(C(=O)NC2(OC)CNC2=O)C2=CCCCC2)C(=O)C1=O. The summed E-state index contributed by atoms with van der Waals surface area (Å²) in [5, 5.41) is 5.98. The minimum atomic E-state index is -1.51. The molecule has 11 heteroatoms. The Balaban J connectivity index is 1.77. The summed E-state index contributed by atoms with van der Waals surface area (Å²) >= 11 is 0. The predicted molar refractivity (Wildman–Crippen MR) is 103 cm³/mol. The number of nitrogens with zero attached hydrogens (tertiary/aromatic N) is 2. The van der Waals surface area contributed by atoms with Crippen LogP contribution in [-0.4, -0.2) is 78.5 Å². The largest absolute Gasteiger partial charge is 0.349 e. The van der Waals surface area contributed by atoms with Crippen molar-refractivity contribution in [2.45, 2.75) is 38.3 Å². The zero-order valence-electron chi connectivity index (χ0n) is 17.2. The second-order valence-corrected chi connectivity index (χ2v) is 7.48. The van der Waals surface area contributed by atoms with Gasteiger partial charge in [0.25, 0.3) is 11.8 Å². The molecule has 2 atom stereocenters. The van der Waals surface area contributed by atoms with Gasteiger partial charge < -0.3 is 20.3 Å². The molecule has 11 nitrogen and oxygen atoms in total. The number of piperazine rings is 1. The Bertz CT molecular complexity index is 792. The van der Waals surface area contributed by atoms with Crippen LogP contribution in [0.3, 0.4) is 0 Å². The maximum atomic E-state index is 13.0. The van der Waals surface area contributed by atoms with Gasteiger partial charge in [0.1, 0.15) is 5.92 Å². The molecule has 2 fully saturated rings. The fraction of sp³-hybridized carbons (Fsp3) is 0.632. The third-order valence-corrected chi connectivity index (χ3v) is 5.70. The van der Waals surface area contributed by atoms with Crippen LogP contribution in [0.25, 0.3) is 0 Å². The molecule has 164 valence electrons. The third kappa shape index (κ3) is 4.02. The molecule has 0 aromatic carbocycles. The number of hydrogen-bond acceptors (Lipinski definition) is 6. The van der Waals surface area contributed by atoms with Crippen molar-refractivity contribution in [3.63, 3.8) is 0 Å². The van der Waals surface area contributed by atoms with Crippen LogP contribution in [0.5, 0.6) is 0 Å². The van der Waals surface area contributed by atoms with Crippen molar-refractivity contribution in [2.75, 3.05) is 33.3 Å². The molecule has 2 unspecified atom stereocenters. The van der Waals surface area contributed by atoms with Crippen molar-refractivity contribution >= 4 is 29.5 Å². The molecule has 0 radical (unpaired) electrons. The number of hydrazine groups is 1. The molecule has 0 bridgehead atoms. The zero-order chi connectivity index (χ0) is 21.9. The molecule has 3 aliphatic rings. The van der Waals surface area contributed by atoms with Crippen LogP contribution in [0.15, 0.2) is 11.6 Å².